The summed E-state index contributed by atoms with van der Waals surface area (Å²) in [6.07, 6.45) is -1.92. The molecule has 0 saturated carbocycles. The zero-order chi connectivity index (χ0) is 18.7. The van der Waals surface area contributed by atoms with E-state index in [0.29, 0.717) is 12.0 Å². The molecule has 3 rings (SSSR count). The lowest BCUT2D eigenvalue weighted by Crippen LogP contribution is -2.41. The van der Waals surface area contributed by atoms with E-state index in [2.05, 4.69) is 10.2 Å². The summed E-state index contributed by atoms with van der Waals surface area (Å²) in [6, 6.07) is 2.65. The number of ether oxygens (including phenoxy) is 1. The van der Waals surface area contributed by atoms with Crippen molar-refractivity contribution in [3.63, 3.8) is 0 Å². The van der Waals surface area contributed by atoms with Crippen molar-refractivity contribution in [2.75, 3.05) is 38.2 Å². The van der Waals surface area contributed by atoms with E-state index in [9.17, 15) is 23.3 Å². The van der Waals surface area contributed by atoms with Gasteiger partial charge in [-0.3, -0.25) is 10.1 Å². The van der Waals surface area contributed by atoms with E-state index in [1.54, 1.807) is 0 Å². The fraction of sp³-hybridized carbons (Fsp3) is 0.647. The molecule has 2 aliphatic rings. The number of alkyl halides is 3. The fourth-order valence-electron chi connectivity index (χ4n) is 3.55. The predicted molar refractivity (Wildman–Crippen MR) is 90.1 cm³/mol. The van der Waals surface area contributed by atoms with Crippen molar-refractivity contribution in [1.29, 1.82) is 0 Å². The van der Waals surface area contributed by atoms with Gasteiger partial charge in [0.25, 0.3) is 5.69 Å². The molecule has 1 unspecified atom stereocenters. The SMILES string of the molecule is O=[N+]([O-])c1cc(C(F)(F)F)ccc1NC1CCN(CC2CCOC2)CC1. The lowest BCUT2D eigenvalue weighted by molar-refractivity contribution is -0.384. The first-order valence-corrected chi connectivity index (χ1v) is 8.75. The van der Waals surface area contributed by atoms with Crippen LogP contribution in [0.25, 0.3) is 0 Å². The van der Waals surface area contributed by atoms with E-state index in [-0.39, 0.29) is 11.7 Å². The van der Waals surface area contributed by atoms with Crippen molar-refractivity contribution in [2.24, 2.45) is 5.92 Å². The largest absolute Gasteiger partial charge is 0.416 e. The predicted octanol–water partition coefficient (Wildman–Crippen LogP) is 3.53. The van der Waals surface area contributed by atoms with Crippen molar-refractivity contribution < 1.29 is 22.8 Å². The molecule has 0 spiro atoms. The summed E-state index contributed by atoms with van der Waals surface area (Å²) in [5.41, 5.74) is -1.40. The maximum absolute atomic E-state index is 12.8. The Morgan fingerprint density at radius 2 is 2.00 bits per heavy atom. The van der Waals surface area contributed by atoms with Crippen LogP contribution in [0.5, 0.6) is 0 Å². The van der Waals surface area contributed by atoms with Gasteiger partial charge in [-0.2, -0.15) is 13.2 Å². The first-order valence-electron chi connectivity index (χ1n) is 8.75. The van der Waals surface area contributed by atoms with E-state index < -0.39 is 22.4 Å². The van der Waals surface area contributed by atoms with Crippen LogP contribution in [0.4, 0.5) is 24.5 Å². The summed E-state index contributed by atoms with van der Waals surface area (Å²) in [6.45, 7) is 4.34. The number of rotatable bonds is 5. The molecule has 1 aromatic carbocycles. The van der Waals surface area contributed by atoms with Gasteiger partial charge in [0.05, 0.1) is 17.1 Å². The third-order valence-electron chi connectivity index (χ3n) is 5.01. The smallest absolute Gasteiger partial charge is 0.381 e. The zero-order valence-corrected chi connectivity index (χ0v) is 14.3. The molecule has 1 aromatic rings. The topological polar surface area (TPSA) is 67.6 Å². The van der Waals surface area contributed by atoms with Gasteiger partial charge in [-0.1, -0.05) is 0 Å². The Morgan fingerprint density at radius 1 is 1.27 bits per heavy atom. The molecular formula is C17H22F3N3O3. The Hall–Kier alpha value is -1.87. The molecule has 1 N–H and O–H groups in total. The number of piperidine rings is 1. The normalized spacial score (nSPS) is 22.5. The maximum atomic E-state index is 12.8. The molecule has 2 aliphatic heterocycles. The summed E-state index contributed by atoms with van der Waals surface area (Å²) in [7, 11) is 0. The van der Waals surface area contributed by atoms with Crippen LogP contribution in [-0.2, 0) is 10.9 Å². The number of likely N-dealkylation sites (tertiary alicyclic amines) is 1. The highest BCUT2D eigenvalue weighted by atomic mass is 19.4. The Balaban J connectivity index is 1.59. The van der Waals surface area contributed by atoms with Crippen LogP contribution in [0.3, 0.4) is 0 Å². The van der Waals surface area contributed by atoms with Gasteiger partial charge in [-0.25, -0.2) is 0 Å². The highest BCUT2D eigenvalue weighted by Gasteiger charge is 2.33. The van der Waals surface area contributed by atoms with Gasteiger partial charge in [0.2, 0.25) is 0 Å². The Bertz CT molecular complexity index is 640. The molecule has 1 atom stereocenters. The van der Waals surface area contributed by atoms with Crippen LogP contribution in [0.2, 0.25) is 0 Å². The van der Waals surface area contributed by atoms with Gasteiger partial charge in [-0.15, -0.1) is 0 Å². The molecule has 0 amide bonds. The van der Waals surface area contributed by atoms with Gasteiger partial charge >= 0.3 is 6.18 Å². The van der Waals surface area contributed by atoms with Crippen LogP contribution in [0.15, 0.2) is 18.2 Å². The standard InChI is InChI=1S/C17H22F3N3O3/c18-17(19,20)13-1-2-15(16(9-13)23(24)25)21-14-3-6-22(7-4-14)10-12-5-8-26-11-12/h1-2,9,12,14,21H,3-8,10-11H2. The van der Waals surface area contributed by atoms with Gasteiger partial charge in [0.15, 0.2) is 0 Å². The molecule has 0 radical (unpaired) electrons. The molecule has 2 saturated heterocycles. The Morgan fingerprint density at radius 3 is 2.58 bits per heavy atom. The van der Waals surface area contributed by atoms with Crippen molar-refractivity contribution in [2.45, 2.75) is 31.5 Å². The van der Waals surface area contributed by atoms with E-state index in [1.807, 2.05) is 0 Å². The molecule has 144 valence electrons. The van der Waals surface area contributed by atoms with Crippen LogP contribution >= 0.6 is 0 Å². The number of nitrogens with zero attached hydrogens (tertiary/aromatic N) is 2. The lowest BCUT2D eigenvalue weighted by Gasteiger charge is -2.34. The van der Waals surface area contributed by atoms with Gasteiger partial charge in [0.1, 0.15) is 5.69 Å². The third-order valence-corrected chi connectivity index (χ3v) is 5.01. The quantitative estimate of drug-likeness (QED) is 0.632. The monoisotopic (exact) mass is 373 g/mol. The second-order valence-electron chi connectivity index (χ2n) is 6.94. The highest BCUT2D eigenvalue weighted by Crippen LogP contribution is 2.35. The minimum Gasteiger partial charge on any atom is -0.381 e. The number of benzene rings is 1. The maximum Gasteiger partial charge on any atom is 0.416 e. The summed E-state index contributed by atoms with van der Waals surface area (Å²) in [4.78, 5) is 12.8. The molecule has 26 heavy (non-hydrogen) atoms. The molecule has 2 fully saturated rings. The third kappa shape index (κ3) is 4.64. The summed E-state index contributed by atoms with van der Waals surface area (Å²) in [5.74, 6) is 0.565. The van der Waals surface area contributed by atoms with Crippen molar-refractivity contribution >= 4 is 11.4 Å². The van der Waals surface area contributed by atoms with Crippen molar-refractivity contribution in [1.82, 2.24) is 4.90 Å². The number of halogens is 3. The van der Waals surface area contributed by atoms with E-state index in [0.717, 1.165) is 64.2 Å². The van der Waals surface area contributed by atoms with Crippen LogP contribution in [0.1, 0.15) is 24.8 Å². The summed E-state index contributed by atoms with van der Waals surface area (Å²) < 4.78 is 43.7. The molecule has 9 heteroatoms. The number of hydrogen-bond donors (Lipinski definition) is 1. The van der Waals surface area contributed by atoms with Crippen LogP contribution < -0.4 is 5.32 Å². The number of nitro groups is 1. The van der Waals surface area contributed by atoms with Crippen molar-refractivity contribution in [3.05, 3.63) is 33.9 Å². The minimum atomic E-state index is -4.60. The fourth-order valence-corrected chi connectivity index (χ4v) is 3.55. The minimum absolute atomic E-state index is 0.0153. The zero-order valence-electron chi connectivity index (χ0n) is 14.3. The number of nitrogens with one attached hydrogen (secondary N) is 1. The molecule has 2 heterocycles. The average molecular weight is 373 g/mol. The van der Waals surface area contributed by atoms with Gasteiger partial charge < -0.3 is 15.0 Å². The molecule has 0 bridgehead atoms. The van der Waals surface area contributed by atoms with E-state index >= 15 is 0 Å². The lowest BCUT2D eigenvalue weighted by atomic mass is 10.0. The molecule has 0 aliphatic carbocycles. The van der Waals surface area contributed by atoms with Crippen molar-refractivity contribution in [3.8, 4) is 0 Å². The van der Waals surface area contributed by atoms with E-state index in [1.165, 1.54) is 0 Å². The van der Waals surface area contributed by atoms with Gasteiger partial charge in [0, 0.05) is 38.3 Å². The number of hydrogen-bond acceptors (Lipinski definition) is 5. The first-order chi connectivity index (χ1) is 12.3. The Labute approximate surface area is 149 Å². The molecule has 6 nitrogen and oxygen atoms in total. The number of anilines is 1. The second kappa shape index (κ2) is 7.79. The molecule has 0 aromatic heterocycles. The van der Waals surface area contributed by atoms with E-state index in [4.69, 9.17) is 4.74 Å². The van der Waals surface area contributed by atoms with Crippen LogP contribution in [0, 0.1) is 16.0 Å². The highest BCUT2D eigenvalue weighted by molar-refractivity contribution is 5.63. The van der Waals surface area contributed by atoms with Crippen LogP contribution in [-0.4, -0.2) is 48.7 Å². The summed E-state index contributed by atoms with van der Waals surface area (Å²) in [5, 5.41) is 14.2. The average Bonchev–Trinajstić information content (AvgIpc) is 3.09. The van der Waals surface area contributed by atoms with Gasteiger partial charge in [-0.05, 0) is 37.3 Å². The number of nitro benzene ring substituents is 1. The molecular weight excluding hydrogens is 351 g/mol. The first kappa shape index (κ1) is 18.9. The Kier molecular flexibility index (Phi) is 5.67. The summed E-state index contributed by atoms with van der Waals surface area (Å²) >= 11 is 0. The second-order valence-corrected chi connectivity index (χ2v) is 6.94.